The Morgan fingerprint density at radius 3 is 2.45 bits per heavy atom. The summed E-state index contributed by atoms with van der Waals surface area (Å²) in [5.74, 6) is -0.308. The molecule has 7 nitrogen and oxygen atoms in total. The molecule has 0 unspecified atom stereocenters. The minimum absolute atomic E-state index is 0.0666. The summed E-state index contributed by atoms with van der Waals surface area (Å²) < 4.78 is 39.2. The van der Waals surface area contributed by atoms with Gasteiger partial charge >= 0.3 is 5.97 Å². The number of nitrogens with one attached hydrogen (secondary N) is 1. The SMILES string of the molecule is COC(=O)CO[C@H]1CCNC1.Cc1ccc(S(=O)(=O)O)cc1. The number of rotatable bonds is 4. The van der Waals surface area contributed by atoms with Crippen LogP contribution >= 0.6 is 0 Å². The second-order valence-electron chi connectivity index (χ2n) is 4.79. The van der Waals surface area contributed by atoms with Crippen LogP contribution in [-0.2, 0) is 24.4 Å². The van der Waals surface area contributed by atoms with Gasteiger partial charge in [0.1, 0.15) is 6.61 Å². The maximum Gasteiger partial charge on any atom is 0.331 e. The second kappa shape index (κ2) is 8.84. The van der Waals surface area contributed by atoms with Crippen LogP contribution in [-0.4, -0.2) is 51.9 Å². The molecule has 1 atom stereocenters. The molecule has 22 heavy (non-hydrogen) atoms. The molecule has 1 aliphatic heterocycles. The van der Waals surface area contributed by atoms with Crippen LogP contribution in [0.5, 0.6) is 0 Å². The molecule has 2 rings (SSSR count). The van der Waals surface area contributed by atoms with Crippen LogP contribution in [0, 0.1) is 6.92 Å². The zero-order valence-corrected chi connectivity index (χ0v) is 13.4. The maximum atomic E-state index is 10.6. The summed E-state index contributed by atoms with van der Waals surface area (Å²) in [6.07, 6.45) is 1.17. The molecule has 1 aromatic carbocycles. The van der Waals surface area contributed by atoms with Crippen molar-refractivity contribution in [2.45, 2.75) is 24.3 Å². The monoisotopic (exact) mass is 331 g/mol. The van der Waals surface area contributed by atoms with E-state index in [0.717, 1.165) is 25.1 Å². The van der Waals surface area contributed by atoms with Crippen molar-refractivity contribution >= 4 is 16.1 Å². The lowest BCUT2D eigenvalue weighted by Crippen LogP contribution is -2.21. The van der Waals surface area contributed by atoms with E-state index in [1.165, 1.54) is 19.2 Å². The van der Waals surface area contributed by atoms with Gasteiger partial charge in [0.2, 0.25) is 0 Å². The third kappa shape index (κ3) is 6.99. The van der Waals surface area contributed by atoms with E-state index in [-0.39, 0.29) is 23.6 Å². The minimum atomic E-state index is -4.02. The lowest BCUT2D eigenvalue weighted by Gasteiger charge is -2.07. The Morgan fingerprint density at radius 1 is 1.36 bits per heavy atom. The van der Waals surface area contributed by atoms with Gasteiger partial charge < -0.3 is 14.8 Å². The van der Waals surface area contributed by atoms with Gasteiger partial charge in [-0.3, -0.25) is 4.55 Å². The van der Waals surface area contributed by atoms with Crippen molar-refractivity contribution in [2.24, 2.45) is 0 Å². The van der Waals surface area contributed by atoms with Crippen molar-refractivity contribution < 1.29 is 27.2 Å². The highest BCUT2D eigenvalue weighted by atomic mass is 32.2. The van der Waals surface area contributed by atoms with E-state index in [0.29, 0.717) is 0 Å². The number of ether oxygens (including phenoxy) is 2. The van der Waals surface area contributed by atoms with Gasteiger partial charge in [0.25, 0.3) is 10.1 Å². The Bertz CT molecular complexity index is 564. The molecule has 0 spiro atoms. The zero-order valence-electron chi connectivity index (χ0n) is 12.6. The van der Waals surface area contributed by atoms with E-state index in [1.807, 2.05) is 6.92 Å². The Kier molecular flexibility index (Phi) is 7.46. The lowest BCUT2D eigenvalue weighted by molar-refractivity contribution is -0.147. The number of hydrogen-bond donors (Lipinski definition) is 2. The Hall–Kier alpha value is -1.48. The van der Waals surface area contributed by atoms with Gasteiger partial charge in [-0.1, -0.05) is 17.7 Å². The van der Waals surface area contributed by atoms with Crippen LogP contribution in [0.15, 0.2) is 29.2 Å². The molecule has 1 aliphatic rings. The van der Waals surface area contributed by atoms with Crippen molar-refractivity contribution in [2.75, 3.05) is 26.8 Å². The van der Waals surface area contributed by atoms with Gasteiger partial charge in [-0.2, -0.15) is 8.42 Å². The number of carbonyl (C=O) groups is 1. The fraction of sp³-hybridized carbons (Fsp3) is 0.500. The molecule has 1 aromatic rings. The van der Waals surface area contributed by atoms with Crippen molar-refractivity contribution in [3.05, 3.63) is 29.8 Å². The fourth-order valence-electron chi connectivity index (χ4n) is 1.73. The average Bonchev–Trinajstić information content (AvgIpc) is 2.98. The van der Waals surface area contributed by atoms with Crippen molar-refractivity contribution in [1.82, 2.24) is 5.32 Å². The van der Waals surface area contributed by atoms with E-state index >= 15 is 0 Å². The third-order valence-corrected chi connectivity index (χ3v) is 3.87. The molecule has 0 aliphatic carbocycles. The van der Waals surface area contributed by atoms with Crippen LogP contribution in [0.2, 0.25) is 0 Å². The fourth-order valence-corrected chi connectivity index (χ4v) is 2.21. The smallest absolute Gasteiger partial charge is 0.331 e. The van der Waals surface area contributed by atoms with Crippen LogP contribution < -0.4 is 5.32 Å². The molecule has 1 fully saturated rings. The van der Waals surface area contributed by atoms with Crippen LogP contribution in [0.3, 0.4) is 0 Å². The Labute approximate surface area is 130 Å². The molecule has 0 bridgehead atoms. The summed E-state index contributed by atoms with van der Waals surface area (Å²) in [6.45, 7) is 3.74. The molecule has 0 saturated carbocycles. The van der Waals surface area contributed by atoms with Gasteiger partial charge in [0.05, 0.1) is 18.1 Å². The summed E-state index contributed by atoms with van der Waals surface area (Å²) >= 11 is 0. The number of hydrogen-bond acceptors (Lipinski definition) is 6. The minimum Gasteiger partial charge on any atom is -0.467 e. The highest BCUT2D eigenvalue weighted by Gasteiger charge is 2.15. The Balaban J connectivity index is 0.000000220. The second-order valence-corrected chi connectivity index (χ2v) is 6.21. The molecular weight excluding hydrogens is 310 g/mol. The van der Waals surface area contributed by atoms with Gasteiger partial charge in [-0.25, -0.2) is 4.79 Å². The molecule has 0 amide bonds. The molecular formula is C14H21NO6S. The van der Waals surface area contributed by atoms with Crippen LogP contribution in [0.1, 0.15) is 12.0 Å². The van der Waals surface area contributed by atoms with Crippen molar-refractivity contribution in [1.29, 1.82) is 0 Å². The highest BCUT2D eigenvalue weighted by molar-refractivity contribution is 7.85. The first-order valence-electron chi connectivity index (χ1n) is 6.76. The average molecular weight is 331 g/mol. The summed E-state index contributed by atoms with van der Waals surface area (Å²) in [7, 11) is -2.66. The molecule has 124 valence electrons. The third-order valence-electron chi connectivity index (χ3n) is 3.00. The standard InChI is InChI=1S/C7H13NO3.C7H8O3S/c1-10-7(9)5-11-6-2-3-8-4-6;1-6-2-4-7(5-3-6)11(8,9)10/h6,8H,2-5H2,1H3;2-5H,1H3,(H,8,9,10)/t6-;/m0./s1. The van der Waals surface area contributed by atoms with Gasteiger partial charge in [0, 0.05) is 6.54 Å². The van der Waals surface area contributed by atoms with Gasteiger partial charge in [0.15, 0.2) is 0 Å². The number of esters is 1. The maximum absolute atomic E-state index is 10.6. The quantitative estimate of drug-likeness (QED) is 0.621. The van der Waals surface area contributed by atoms with E-state index in [4.69, 9.17) is 9.29 Å². The van der Waals surface area contributed by atoms with Crippen LogP contribution in [0.25, 0.3) is 0 Å². The van der Waals surface area contributed by atoms with E-state index < -0.39 is 10.1 Å². The number of aryl methyl sites for hydroxylation is 1. The predicted molar refractivity (Wildman–Crippen MR) is 80.2 cm³/mol. The van der Waals surface area contributed by atoms with Crippen molar-refractivity contribution in [3.8, 4) is 0 Å². The van der Waals surface area contributed by atoms with E-state index in [2.05, 4.69) is 10.1 Å². The number of carbonyl (C=O) groups excluding carboxylic acids is 1. The molecule has 8 heteroatoms. The highest BCUT2D eigenvalue weighted by Crippen LogP contribution is 2.08. The molecule has 2 N–H and O–H groups in total. The first-order valence-corrected chi connectivity index (χ1v) is 8.20. The van der Waals surface area contributed by atoms with E-state index in [1.54, 1.807) is 12.1 Å². The number of methoxy groups -OCH3 is 1. The molecule has 0 aromatic heterocycles. The van der Waals surface area contributed by atoms with Gasteiger partial charge in [-0.05, 0) is 32.0 Å². The zero-order chi connectivity index (χ0) is 16.6. The first-order chi connectivity index (χ1) is 10.3. The summed E-state index contributed by atoms with van der Waals surface area (Å²) in [5, 5.41) is 3.14. The van der Waals surface area contributed by atoms with Crippen molar-refractivity contribution in [3.63, 3.8) is 0 Å². The first kappa shape index (κ1) is 18.6. The van der Waals surface area contributed by atoms with Gasteiger partial charge in [-0.15, -0.1) is 0 Å². The summed E-state index contributed by atoms with van der Waals surface area (Å²) in [4.78, 5) is 10.5. The number of benzene rings is 1. The predicted octanol–water partition coefficient (Wildman–Crippen LogP) is 0.780. The molecule has 1 heterocycles. The molecule has 0 radical (unpaired) electrons. The lowest BCUT2D eigenvalue weighted by atomic mass is 10.2. The topological polar surface area (TPSA) is 102 Å². The largest absolute Gasteiger partial charge is 0.467 e. The summed E-state index contributed by atoms with van der Waals surface area (Å²) in [6, 6.07) is 5.99. The normalized spacial score (nSPS) is 17.5. The Morgan fingerprint density at radius 2 is 2.00 bits per heavy atom. The van der Waals surface area contributed by atoms with E-state index in [9.17, 15) is 13.2 Å². The summed E-state index contributed by atoms with van der Waals surface area (Å²) in [5.41, 5.74) is 0.956. The molecule has 1 saturated heterocycles. The van der Waals surface area contributed by atoms with Crippen LogP contribution in [0.4, 0.5) is 0 Å².